The molecular formula is C11H17NO5. The molecule has 0 saturated carbocycles. The Morgan fingerprint density at radius 3 is 2.53 bits per heavy atom. The van der Waals surface area contributed by atoms with E-state index in [9.17, 15) is 14.4 Å². The Bertz CT molecular complexity index is 328. The van der Waals surface area contributed by atoms with Crippen molar-refractivity contribution in [1.82, 2.24) is 5.32 Å². The van der Waals surface area contributed by atoms with E-state index in [1.165, 1.54) is 7.11 Å². The number of aliphatic carboxylic acids is 1. The van der Waals surface area contributed by atoms with Gasteiger partial charge in [0.25, 0.3) is 0 Å². The Hall–Kier alpha value is -1.59. The van der Waals surface area contributed by atoms with E-state index in [4.69, 9.17) is 5.11 Å². The van der Waals surface area contributed by atoms with E-state index in [1.807, 2.05) is 0 Å². The number of hydrogen-bond donors (Lipinski definition) is 2. The summed E-state index contributed by atoms with van der Waals surface area (Å²) in [5.41, 5.74) is -0.552. The van der Waals surface area contributed by atoms with Gasteiger partial charge in [0, 0.05) is 24.8 Å². The van der Waals surface area contributed by atoms with E-state index >= 15 is 0 Å². The highest BCUT2D eigenvalue weighted by Gasteiger charge is 2.37. The molecule has 0 unspecified atom stereocenters. The summed E-state index contributed by atoms with van der Waals surface area (Å²) in [5, 5.41) is 11.5. The van der Waals surface area contributed by atoms with Crippen molar-refractivity contribution in [2.45, 2.75) is 44.1 Å². The maximum atomic E-state index is 11.2. The van der Waals surface area contributed by atoms with Crippen LogP contribution >= 0.6 is 0 Å². The molecule has 6 nitrogen and oxygen atoms in total. The van der Waals surface area contributed by atoms with Gasteiger partial charge >= 0.3 is 11.9 Å². The standard InChI is InChI=1S/C11H17NO5/c1-17-10(16)4-7-11(6-3-9(14)15)5-2-8(13)12-11/h2-7H2,1H3,(H,12,13)(H,14,15)/t11-/m1/s1. The smallest absolute Gasteiger partial charge is 0.305 e. The van der Waals surface area contributed by atoms with Crippen molar-refractivity contribution in [3.8, 4) is 0 Å². The van der Waals surface area contributed by atoms with Crippen molar-refractivity contribution in [3.05, 3.63) is 0 Å². The summed E-state index contributed by atoms with van der Waals surface area (Å²) in [7, 11) is 1.31. The van der Waals surface area contributed by atoms with E-state index in [2.05, 4.69) is 10.1 Å². The molecular weight excluding hydrogens is 226 g/mol. The predicted molar refractivity (Wildman–Crippen MR) is 58.2 cm³/mol. The molecule has 1 aliphatic heterocycles. The summed E-state index contributed by atoms with van der Waals surface area (Å²) in [5.74, 6) is -1.33. The summed E-state index contributed by atoms with van der Waals surface area (Å²) < 4.78 is 4.54. The molecule has 1 atom stereocenters. The summed E-state index contributed by atoms with van der Waals surface area (Å²) in [6.07, 6.45) is 1.93. The Labute approximate surface area is 99.3 Å². The molecule has 0 aliphatic carbocycles. The number of ether oxygens (including phenoxy) is 1. The van der Waals surface area contributed by atoms with Gasteiger partial charge in [-0.2, -0.15) is 0 Å². The lowest BCUT2D eigenvalue weighted by molar-refractivity contribution is -0.141. The van der Waals surface area contributed by atoms with E-state index in [0.717, 1.165) is 0 Å². The van der Waals surface area contributed by atoms with Crippen LogP contribution in [0.1, 0.15) is 38.5 Å². The van der Waals surface area contributed by atoms with Crippen molar-refractivity contribution in [2.75, 3.05) is 7.11 Å². The van der Waals surface area contributed by atoms with Crippen molar-refractivity contribution >= 4 is 17.8 Å². The maximum absolute atomic E-state index is 11.2. The number of esters is 1. The Morgan fingerprint density at radius 1 is 1.41 bits per heavy atom. The van der Waals surface area contributed by atoms with Gasteiger partial charge in [0.15, 0.2) is 0 Å². The first kappa shape index (κ1) is 13.5. The molecule has 0 bridgehead atoms. The molecule has 6 heteroatoms. The average molecular weight is 243 g/mol. The van der Waals surface area contributed by atoms with Gasteiger partial charge in [0.2, 0.25) is 5.91 Å². The molecule has 0 aromatic heterocycles. The lowest BCUT2D eigenvalue weighted by atomic mass is 9.87. The molecule has 1 rings (SSSR count). The van der Waals surface area contributed by atoms with Crippen molar-refractivity contribution < 1.29 is 24.2 Å². The van der Waals surface area contributed by atoms with Crippen LogP contribution in [0.15, 0.2) is 0 Å². The number of methoxy groups -OCH3 is 1. The highest BCUT2D eigenvalue weighted by molar-refractivity contribution is 5.80. The number of carboxylic acids is 1. The number of nitrogens with one attached hydrogen (secondary N) is 1. The zero-order valence-corrected chi connectivity index (χ0v) is 9.82. The zero-order chi connectivity index (χ0) is 12.9. The summed E-state index contributed by atoms with van der Waals surface area (Å²) >= 11 is 0. The van der Waals surface area contributed by atoms with Crippen LogP contribution in [0, 0.1) is 0 Å². The highest BCUT2D eigenvalue weighted by atomic mass is 16.5. The molecule has 1 fully saturated rings. The average Bonchev–Trinajstić information content (AvgIpc) is 2.66. The van der Waals surface area contributed by atoms with Gasteiger partial charge in [-0.25, -0.2) is 0 Å². The second-order valence-corrected chi connectivity index (χ2v) is 4.30. The van der Waals surface area contributed by atoms with Crippen LogP contribution in [0.5, 0.6) is 0 Å². The number of amides is 1. The molecule has 1 amide bonds. The molecule has 1 aliphatic rings. The topological polar surface area (TPSA) is 92.7 Å². The first-order valence-electron chi connectivity index (χ1n) is 5.57. The quantitative estimate of drug-likeness (QED) is 0.661. The van der Waals surface area contributed by atoms with Crippen LogP contribution in [0.3, 0.4) is 0 Å². The van der Waals surface area contributed by atoms with Gasteiger partial charge in [0.1, 0.15) is 0 Å². The molecule has 0 radical (unpaired) electrons. The largest absolute Gasteiger partial charge is 0.481 e. The van der Waals surface area contributed by atoms with Crippen LogP contribution in [0.25, 0.3) is 0 Å². The van der Waals surface area contributed by atoms with Crippen molar-refractivity contribution in [3.63, 3.8) is 0 Å². The van der Waals surface area contributed by atoms with Gasteiger partial charge in [-0.05, 0) is 19.3 Å². The van der Waals surface area contributed by atoms with Crippen LogP contribution < -0.4 is 5.32 Å². The number of hydrogen-bond acceptors (Lipinski definition) is 4. The number of rotatable bonds is 6. The fourth-order valence-electron chi connectivity index (χ4n) is 2.06. The number of carboxylic acid groups (broad SMARTS) is 1. The highest BCUT2D eigenvalue weighted by Crippen LogP contribution is 2.30. The minimum atomic E-state index is -0.899. The minimum absolute atomic E-state index is 0.0124. The summed E-state index contributed by atoms with van der Waals surface area (Å²) in [6, 6.07) is 0. The Morgan fingerprint density at radius 2 is 2.06 bits per heavy atom. The fourth-order valence-corrected chi connectivity index (χ4v) is 2.06. The molecule has 2 N–H and O–H groups in total. The third-order valence-electron chi connectivity index (χ3n) is 3.09. The van der Waals surface area contributed by atoms with Gasteiger partial charge < -0.3 is 15.2 Å². The fraction of sp³-hybridized carbons (Fsp3) is 0.727. The van der Waals surface area contributed by atoms with E-state index in [0.29, 0.717) is 25.7 Å². The normalized spacial score (nSPS) is 23.2. The van der Waals surface area contributed by atoms with E-state index in [-0.39, 0.29) is 24.7 Å². The van der Waals surface area contributed by atoms with Crippen LogP contribution in [0.4, 0.5) is 0 Å². The maximum Gasteiger partial charge on any atom is 0.305 e. The van der Waals surface area contributed by atoms with Crippen LogP contribution in [-0.4, -0.2) is 35.6 Å². The minimum Gasteiger partial charge on any atom is -0.481 e. The number of carbonyl (C=O) groups excluding carboxylic acids is 2. The van der Waals surface area contributed by atoms with Crippen molar-refractivity contribution in [1.29, 1.82) is 0 Å². The third-order valence-corrected chi connectivity index (χ3v) is 3.09. The van der Waals surface area contributed by atoms with Gasteiger partial charge in [-0.15, -0.1) is 0 Å². The zero-order valence-electron chi connectivity index (χ0n) is 9.82. The van der Waals surface area contributed by atoms with Crippen LogP contribution in [-0.2, 0) is 19.1 Å². The van der Waals surface area contributed by atoms with Crippen LogP contribution in [0.2, 0.25) is 0 Å². The first-order valence-corrected chi connectivity index (χ1v) is 5.57. The molecule has 0 aromatic carbocycles. The molecule has 17 heavy (non-hydrogen) atoms. The van der Waals surface area contributed by atoms with Gasteiger partial charge in [-0.3, -0.25) is 14.4 Å². The molecule has 0 aromatic rings. The molecule has 1 heterocycles. The monoisotopic (exact) mass is 243 g/mol. The van der Waals surface area contributed by atoms with Gasteiger partial charge in [0.05, 0.1) is 7.11 Å². The lowest BCUT2D eigenvalue weighted by Gasteiger charge is -2.28. The van der Waals surface area contributed by atoms with E-state index < -0.39 is 11.5 Å². The van der Waals surface area contributed by atoms with Gasteiger partial charge in [-0.1, -0.05) is 0 Å². The predicted octanol–water partition coefficient (Wildman–Crippen LogP) is 0.453. The Kier molecular flexibility index (Phi) is 4.48. The first-order chi connectivity index (χ1) is 7.97. The second-order valence-electron chi connectivity index (χ2n) is 4.30. The molecule has 1 saturated heterocycles. The SMILES string of the molecule is COC(=O)CC[C@]1(CCC(=O)O)CCC(=O)N1. The molecule has 0 spiro atoms. The summed E-state index contributed by atoms with van der Waals surface area (Å²) in [4.78, 5) is 32.9. The number of carbonyl (C=O) groups is 3. The summed E-state index contributed by atoms with van der Waals surface area (Å²) in [6.45, 7) is 0. The van der Waals surface area contributed by atoms with E-state index in [1.54, 1.807) is 0 Å². The Balaban J connectivity index is 2.56. The van der Waals surface area contributed by atoms with Crippen molar-refractivity contribution in [2.24, 2.45) is 0 Å². The molecule has 96 valence electrons. The lowest BCUT2D eigenvalue weighted by Crippen LogP contribution is -2.42. The third kappa shape index (κ3) is 4.05. The second kappa shape index (κ2) is 5.65.